The Morgan fingerprint density at radius 2 is 2.30 bits per heavy atom. The van der Waals surface area contributed by atoms with Crippen LogP contribution in [0.4, 0.5) is 10.6 Å². The van der Waals surface area contributed by atoms with Crippen molar-refractivity contribution < 1.29 is 9.53 Å². The van der Waals surface area contributed by atoms with Crippen molar-refractivity contribution in [3.05, 3.63) is 17.0 Å². The summed E-state index contributed by atoms with van der Waals surface area (Å²) < 4.78 is 5.49. The molecule has 2 heterocycles. The number of aromatic nitrogens is 2. The Bertz CT molecular complexity index is 617. The van der Waals surface area contributed by atoms with Crippen molar-refractivity contribution in [3.63, 3.8) is 0 Å². The fraction of sp³-hybridized carbons (Fsp3) is 0.600. The molecule has 0 spiro atoms. The first-order chi connectivity index (χ1) is 10.8. The summed E-state index contributed by atoms with van der Waals surface area (Å²) in [6.07, 6.45) is 2.65. The summed E-state index contributed by atoms with van der Waals surface area (Å²) in [5.74, 6) is 0.289. The zero-order chi connectivity index (χ0) is 17.0. The first-order valence-corrected chi connectivity index (χ1v) is 7.85. The number of carbonyl (C=O) groups is 1. The number of nitrogens with zero attached hydrogens (tertiary/aromatic N) is 4. The van der Waals surface area contributed by atoms with Gasteiger partial charge >= 0.3 is 6.09 Å². The van der Waals surface area contributed by atoms with Crippen LogP contribution in [0.3, 0.4) is 0 Å². The summed E-state index contributed by atoms with van der Waals surface area (Å²) >= 11 is 5.96. The highest BCUT2D eigenvalue weighted by Gasteiger charge is 2.32. The monoisotopic (exact) mass is 337 g/mol. The fourth-order valence-corrected chi connectivity index (χ4v) is 2.52. The molecule has 1 fully saturated rings. The molecule has 0 aromatic carbocycles. The maximum Gasteiger partial charge on any atom is 0.416 e. The van der Waals surface area contributed by atoms with Gasteiger partial charge in [0.25, 0.3) is 0 Å². The summed E-state index contributed by atoms with van der Waals surface area (Å²) in [7, 11) is 0. The van der Waals surface area contributed by atoms with Gasteiger partial charge < -0.3 is 10.1 Å². The Kier molecular flexibility index (Phi) is 5.39. The number of hydrogen-bond donors (Lipinski definition) is 1. The summed E-state index contributed by atoms with van der Waals surface area (Å²) in [5.41, 5.74) is -0.595. The lowest BCUT2D eigenvalue weighted by atomic mass is 10.1. The van der Waals surface area contributed by atoms with Crippen LogP contribution in [0.5, 0.6) is 0 Å². The van der Waals surface area contributed by atoms with E-state index in [-0.39, 0.29) is 22.7 Å². The van der Waals surface area contributed by atoms with E-state index < -0.39 is 11.7 Å². The van der Waals surface area contributed by atoms with Crippen molar-refractivity contribution in [1.82, 2.24) is 15.3 Å². The van der Waals surface area contributed by atoms with Gasteiger partial charge in [0.05, 0.1) is 12.2 Å². The molecule has 1 saturated heterocycles. The van der Waals surface area contributed by atoms with E-state index in [4.69, 9.17) is 21.6 Å². The van der Waals surface area contributed by atoms with Crippen LogP contribution in [0.25, 0.3) is 0 Å². The molecule has 1 aliphatic rings. The van der Waals surface area contributed by atoms with Gasteiger partial charge in [-0.2, -0.15) is 5.26 Å². The first kappa shape index (κ1) is 17.4. The van der Waals surface area contributed by atoms with Gasteiger partial charge in [-0.1, -0.05) is 11.6 Å². The van der Waals surface area contributed by atoms with Crippen LogP contribution in [0.15, 0.2) is 6.20 Å². The molecular weight excluding hydrogens is 318 g/mol. The number of rotatable bonds is 2. The average molecular weight is 338 g/mol. The maximum atomic E-state index is 12.6. The van der Waals surface area contributed by atoms with Gasteiger partial charge in [0.2, 0.25) is 0 Å². The van der Waals surface area contributed by atoms with E-state index in [1.165, 1.54) is 11.1 Å². The topological polar surface area (TPSA) is 91.1 Å². The normalized spacial score (nSPS) is 18.1. The van der Waals surface area contributed by atoms with Crippen LogP contribution < -0.4 is 10.2 Å². The lowest BCUT2D eigenvalue weighted by Gasteiger charge is -2.34. The number of anilines is 1. The van der Waals surface area contributed by atoms with Gasteiger partial charge in [0, 0.05) is 6.54 Å². The maximum absolute atomic E-state index is 12.6. The average Bonchev–Trinajstić information content (AvgIpc) is 2.47. The Hall–Kier alpha value is -1.91. The number of hydrogen-bond acceptors (Lipinski definition) is 6. The van der Waals surface area contributed by atoms with Gasteiger partial charge in [0.15, 0.2) is 16.7 Å². The van der Waals surface area contributed by atoms with Crippen LogP contribution in [-0.4, -0.2) is 40.8 Å². The van der Waals surface area contributed by atoms with Crippen molar-refractivity contribution in [2.24, 2.45) is 0 Å². The van der Waals surface area contributed by atoms with Gasteiger partial charge in [-0.3, -0.25) is 4.90 Å². The molecule has 1 aromatic heterocycles. The van der Waals surface area contributed by atoms with Gasteiger partial charge in [-0.15, -0.1) is 0 Å². The minimum absolute atomic E-state index is 0.0256. The highest BCUT2D eigenvalue weighted by atomic mass is 35.5. The summed E-state index contributed by atoms with van der Waals surface area (Å²) in [6, 6.07) is 1.76. The minimum atomic E-state index is -0.624. The number of carbonyl (C=O) groups excluding carboxylic acids is 1. The molecule has 7 nitrogen and oxygen atoms in total. The van der Waals surface area contributed by atoms with Crippen LogP contribution in [-0.2, 0) is 4.74 Å². The van der Waals surface area contributed by atoms with Gasteiger partial charge in [-0.25, -0.2) is 14.8 Å². The van der Waals surface area contributed by atoms with Crippen LogP contribution in [0.2, 0.25) is 5.15 Å². The molecule has 0 radical (unpaired) electrons. The second-order valence-electron chi connectivity index (χ2n) is 6.33. The highest BCUT2D eigenvalue weighted by Crippen LogP contribution is 2.24. The molecule has 1 aliphatic heterocycles. The Labute approximate surface area is 140 Å². The molecule has 1 atom stereocenters. The molecular formula is C15H20ClN5O2. The van der Waals surface area contributed by atoms with Crippen LogP contribution in [0.1, 0.15) is 39.3 Å². The van der Waals surface area contributed by atoms with E-state index in [9.17, 15) is 4.79 Å². The number of amides is 1. The number of piperidine rings is 1. The number of nitrogens with one attached hydrogen (secondary N) is 1. The van der Waals surface area contributed by atoms with E-state index in [2.05, 4.69) is 15.3 Å². The molecule has 1 N–H and O–H groups in total. The second kappa shape index (κ2) is 7.11. The van der Waals surface area contributed by atoms with E-state index >= 15 is 0 Å². The highest BCUT2D eigenvalue weighted by molar-refractivity contribution is 6.30. The second-order valence-corrected chi connectivity index (χ2v) is 6.69. The fourth-order valence-electron chi connectivity index (χ4n) is 2.34. The zero-order valence-corrected chi connectivity index (χ0v) is 14.2. The molecule has 8 heteroatoms. The molecule has 0 saturated carbocycles. The molecule has 23 heavy (non-hydrogen) atoms. The summed E-state index contributed by atoms with van der Waals surface area (Å²) in [6.45, 7) is 6.97. The van der Waals surface area contributed by atoms with Gasteiger partial charge in [0.1, 0.15) is 11.7 Å². The summed E-state index contributed by atoms with van der Waals surface area (Å²) in [4.78, 5) is 22.2. The number of halogens is 1. The third kappa shape index (κ3) is 4.53. The molecule has 0 bridgehead atoms. The van der Waals surface area contributed by atoms with E-state index in [1.807, 2.05) is 6.07 Å². The van der Waals surface area contributed by atoms with Crippen LogP contribution in [0, 0.1) is 11.3 Å². The predicted molar refractivity (Wildman–Crippen MR) is 86.4 cm³/mol. The summed E-state index contributed by atoms with van der Waals surface area (Å²) in [5, 5.41) is 12.1. The molecule has 2 rings (SSSR count). The van der Waals surface area contributed by atoms with Crippen molar-refractivity contribution in [3.8, 4) is 6.07 Å². The lowest BCUT2D eigenvalue weighted by Crippen LogP contribution is -2.50. The Morgan fingerprint density at radius 1 is 1.57 bits per heavy atom. The Balaban J connectivity index is 2.34. The quantitative estimate of drug-likeness (QED) is 0.891. The predicted octanol–water partition coefficient (Wildman–Crippen LogP) is 2.50. The standard InChI is InChI=1S/C15H20ClN5O2/c1-15(2,3)23-14(22)21(10-5-4-6-18-8-10)12-9-19-11(7-17)13(16)20-12/h9-10,18H,4-6,8H2,1-3H3/t10-/m1/s1. The third-order valence-corrected chi connectivity index (χ3v) is 3.56. The van der Waals surface area contributed by atoms with Crippen molar-refractivity contribution >= 4 is 23.5 Å². The van der Waals surface area contributed by atoms with Crippen molar-refractivity contribution in [2.45, 2.75) is 45.3 Å². The molecule has 1 aromatic rings. The smallest absolute Gasteiger partial charge is 0.416 e. The van der Waals surface area contributed by atoms with E-state index in [0.29, 0.717) is 6.54 Å². The van der Waals surface area contributed by atoms with Crippen LogP contribution >= 0.6 is 11.6 Å². The first-order valence-electron chi connectivity index (χ1n) is 7.47. The molecule has 0 aliphatic carbocycles. The van der Waals surface area contributed by atoms with E-state index in [1.54, 1.807) is 20.8 Å². The SMILES string of the molecule is CC(C)(C)OC(=O)N(c1cnc(C#N)c(Cl)n1)[C@@H]1CCCNC1. The third-order valence-electron chi connectivity index (χ3n) is 3.30. The lowest BCUT2D eigenvalue weighted by molar-refractivity contribution is 0.0559. The number of nitriles is 1. The number of ether oxygens (including phenoxy) is 1. The van der Waals surface area contributed by atoms with Gasteiger partial charge in [-0.05, 0) is 40.2 Å². The molecule has 0 unspecified atom stereocenters. The molecule has 1 amide bonds. The Morgan fingerprint density at radius 3 is 2.83 bits per heavy atom. The van der Waals surface area contributed by atoms with Crippen molar-refractivity contribution in [2.75, 3.05) is 18.0 Å². The molecule has 124 valence electrons. The zero-order valence-electron chi connectivity index (χ0n) is 13.5. The minimum Gasteiger partial charge on any atom is -0.443 e. The largest absolute Gasteiger partial charge is 0.443 e. The van der Waals surface area contributed by atoms with Crippen molar-refractivity contribution in [1.29, 1.82) is 5.26 Å². The van der Waals surface area contributed by atoms with E-state index in [0.717, 1.165) is 19.4 Å².